The fourth-order valence-corrected chi connectivity index (χ4v) is 10.9. The minimum atomic E-state index is 0.0318. The molecule has 0 atom stereocenters. The van der Waals surface area contributed by atoms with Crippen molar-refractivity contribution in [1.82, 2.24) is 4.98 Å². The number of amidine groups is 1. The zero-order chi connectivity index (χ0) is 38.5. The van der Waals surface area contributed by atoms with Crippen LogP contribution in [-0.4, -0.2) is 49.5 Å². The second-order valence-electron chi connectivity index (χ2n) is 13.7. The first-order valence-electron chi connectivity index (χ1n) is 19.2. The third kappa shape index (κ3) is 10.3. The molecule has 0 spiro atoms. The monoisotopic (exact) mass is 871 g/mol. The van der Waals surface area contributed by atoms with E-state index in [0.29, 0.717) is 0 Å². The zero-order valence-corrected chi connectivity index (χ0v) is 35.1. The van der Waals surface area contributed by atoms with E-state index < -0.39 is 0 Å². The summed E-state index contributed by atoms with van der Waals surface area (Å²) >= 11 is 0.0636. The second-order valence-corrected chi connectivity index (χ2v) is 18.0. The predicted molar refractivity (Wildman–Crippen MR) is 240 cm³/mol. The van der Waals surface area contributed by atoms with Crippen LogP contribution in [0.5, 0.6) is 0 Å². The summed E-state index contributed by atoms with van der Waals surface area (Å²) in [5, 5.41) is 0. The Bertz CT molecular complexity index is 2420. The minimum absolute atomic E-state index is 0.0318. The molecule has 0 aliphatic carbocycles. The molecule has 0 bridgehead atoms. The number of rotatable bonds is 14. The first-order valence-corrected chi connectivity index (χ1v) is 22.6. The molecule has 57 heavy (non-hydrogen) atoms. The van der Waals surface area contributed by atoms with Crippen LogP contribution >= 0.6 is 0 Å². The predicted octanol–water partition coefficient (Wildman–Crippen LogP) is 10.4. The topological polar surface area (TPSA) is 31.5 Å². The molecule has 1 aliphatic rings. The summed E-state index contributed by atoms with van der Waals surface area (Å²) in [5.74, 6) is 0. The van der Waals surface area contributed by atoms with Gasteiger partial charge in [-0.3, -0.25) is 0 Å². The summed E-state index contributed by atoms with van der Waals surface area (Å²) < 4.78 is 7.30. The van der Waals surface area contributed by atoms with E-state index in [0.717, 1.165) is 58.1 Å². The second kappa shape index (κ2) is 19.3. The Morgan fingerprint density at radius 3 is 1.51 bits per heavy atom. The van der Waals surface area contributed by atoms with Crippen molar-refractivity contribution in [1.29, 1.82) is 0 Å². The van der Waals surface area contributed by atoms with E-state index in [1.165, 1.54) is 31.2 Å². The standard InChI is InChI=1S/C51H43N4Se2/c1-8-22-40(23-9-1)36-54(37-41-24-10-2-11-25-41)50-52-48(44-30-16-5-17-31-44)46(56-50)34-20-7-21-35-47-49(45-32-18-6-19-33-45)53-51(57-47)55(38-42-26-12-3-13-27-42)39-43-28-14-4-15-29-43/h1-35H,36-39H2/q+1. The molecule has 0 radical (unpaired) electrons. The summed E-state index contributed by atoms with van der Waals surface area (Å²) in [6, 6.07) is 64.1. The van der Waals surface area contributed by atoms with Gasteiger partial charge >= 0.3 is 351 Å². The van der Waals surface area contributed by atoms with Crippen molar-refractivity contribution >= 4 is 50.7 Å². The van der Waals surface area contributed by atoms with E-state index in [1.807, 2.05) is 0 Å². The van der Waals surface area contributed by atoms with Crippen molar-refractivity contribution in [2.45, 2.75) is 26.2 Å². The molecule has 0 N–H and O–H groups in total. The van der Waals surface area contributed by atoms with Gasteiger partial charge in [-0.1, -0.05) is 0 Å². The Balaban J connectivity index is 1.10. The number of allylic oxidation sites excluding steroid dienone is 5. The Hall–Kier alpha value is -5.87. The van der Waals surface area contributed by atoms with Gasteiger partial charge in [-0.2, -0.15) is 0 Å². The number of benzene rings is 6. The summed E-state index contributed by atoms with van der Waals surface area (Å²) in [6.07, 6.45) is 11.0. The van der Waals surface area contributed by atoms with Crippen LogP contribution in [0.15, 0.2) is 216 Å². The number of anilines is 1. The zero-order valence-electron chi connectivity index (χ0n) is 31.6. The molecule has 0 saturated heterocycles. The number of hydrogen-bond acceptors (Lipinski definition) is 2. The number of hydrogen-bond donors (Lipinski definition) is 0. The van der Waals surface area contributed by atoms with E-state index in [1.54, 1.807) is 0 Å². The van der Waals surface area contributed by atoms with Crippen LogP contribution in [0.25, 0.3) is 17.3 Å². The molecular formula is C51H43N4Se2+. The Morgan fingerprint density at radius 1 is 0.509 bits per heavy atom. The van der Waals surface area contributed by atoms with E-state index in [2.05, 4.69) is 222 Å². The van der Waals surface area contributed by atoms with Gasteiger partial charge in [0.15, 0.2) is 0 Å². The van der Waals surface area contributed by atoms with E-state index in [-0.39, 0.29) is 29.5 Å². The van der Waals surface area contributed by atoms with Crippen LogP contribution in [-0.2, 0) is 26.2 Å². The molecule has 1 aliphatic heterocycles. The molecule has 6 heteroatoms. The molecule has 6 aromatic carbocycles. The molecule has 4 nitrogen and oxygen atoms in total. The first-order chi connectivity index (χ1) is 28.2. The third-order valence-corrected chi connectivity index (χ3v) is 14.0. The summed E-state index contributed by atoms with van der Waals surface area (Å²) in [5.41, 5.74) is 9.55. The molecule has 7 aromatic rings. The summed E-state index contributed by atoms with van der Waals surface area (Å²) in [6.45, 7) is 3.23. The maximum absolute atomic E-state index is 5.36. The first kappa shape index (κ1) is 38.0. The molecule has 0 saturated carbocycles. The molecule has 8 rings (SSSR count). The average Bonchev–Trinajstić information content (AvgIpc) is 3.90. The molecule has 1 aromatic heterocycles. The van der Waals surface area contributed by atoms with Gasteiger partial charge in [0.1, 0.15) is 0 Å². The van der Waals surface area contributed by atoms with Crippen molar-refractivity contribution < 1.29 is 4.58 Å². The van der Waals surface area contributed by atoms with Gasteiger partial charge in [0.2, 0.25) is 0 Å². The fraction of sp³-hybridized carbons (Fsp3) is 0.0784. The quantitative estimate of drug-likeness (QED) is 0.0620. The van der Waals surface area contributed by atoms with Crippen LogP contribution in [0.1, 0.15) is 32.3 Å². The average molecular weight is 870 g/mol. The number of nitrogens with zero attached hydrogens (tertiary/aromatic N) is 4. The van der Waals surface area contributed by atoms with E-state index >= 15 is 0 Å². The van der Waals surface area contributed by atoms with Gasteiger partial charge in [-0.05, 0) is 0 Å². The van der Waals surface area contributed by atoms with E-state index in [9.17, 15) is 0 Å². The molecule has 278 valence electrons. The molecule has 0 unspecified atom stereocenters. The number of aliphatic imine (C=N–C) groups is 1. The summed E-state index contributed by atoms with van der Waals surface area (Å²) in [7, 11) is 0. The maximum atomic E-state index is 5.36. The van der Waals surface area contributed by atoms with Gasteiger partial charge in [0.25, 0.3) is 0 Å². The van der Waals surface area contributed by atoms with Crippen LogP contribution < -0.4 is 4.90 Å². The van der Waals surface area contributed by atoms with Crippen LogP contribution in [0.4, 0.5) is 4.69 Å². The molecular weight excluding hydrogens is 827 g/mol. The van der Waals surface area contributed by atoms with Crippen LogP contribution in [0.2, 0.25) is 0 Å². The van der Waals surface area contributed by atoms with E-state index in [4.69, 9.17) is 9.98 Å². The molecule has 0 fully saturated rings. The summed E-state index contributed by atoms with van der Waals surface area (Å²) in [4.78, 5) is 13.2. The van der Waals surface area contributed by atoms with Gasteiger partial charge in [0, 0.05) is 0 Å². The van der Waals surface area contributed by atoms with Crippen LogP contribution in [0.3, 0.4) is 0 Å². The molecule has 0 amide bonds. The number of aromatic nitrogens is 1. The molecule has 2 heterocycles. The SMILES string of the molecule is C(=C\C=C1\[Se]C(=[N+](Cc2ccccc2)Cc2ccccc2)N=C1c1ccccc1)/C=C/c1[se]c(N(Cc2ccccc2)Cc2ccccc2)nc1-c1ccccc1. The normalized spacial score (nSPS) is 13.4. The van der Waals surface area contributed by atoms with Gasteiger partial charge < -0.3 is 0 Å². The van der Waals surface area contributed by atoms with Crippen molar-refractivity contribution in [3.8, 4) is 11.3 Å². The van der Waals surface area contributed by atoms with Crippen molar-refractivity contribution in [2.75, 3.05) is 4.90 Å². The van der Waals surface area contributed by atoms with Crippen molar-refractivity contribution in [2.24, 2.45) is 4.99 Å². The third-order valence-electron chi connectivity index (χ3n) is 9.50. The van der Waals surface area contributed by atoms with Crippen LogP contribution in [0, 0.1) is 0 Å². The Kier molecular flexibility index (Phi) is 12.9. The van der Waals surface area contributed by atoms with Gasteiger partial charge in [-0.25, -0.2) is 0 Å². The van der Waals surface area contributed by atoms with Gasteiger partial charge in [-0.15, -0.1) is 0 Å². The van der Waals surface area contributed by atoms with Crippen molar-refractivity contribution in [3.63, 3.8) is 0 Å². The Labute approximate surface area is 348 Å². The fourth-order valence-electron chi connectivity index (χ4n) is 6.69. The Morgan fingerprint density at radius 2 is 0.982 bits per heavy atom. The van der Waals surface area contributed by atoms with Gasteiger partial charge in [0.05, 0.1) is 0 Å². The van der Waals surface area contributed by atoms with Crippen molar-refractivity contribution in [3.05, 3.63) is 243 Å².